The van der Waals surface area contributed by atoms with Crippen LogP contribution in [0.3, 0.4) is 0 Å². The molecule has 0 radical (unpaired) electrons. The first-order chi connectivity index (χ1) is 12.1. The zero-order chi connectivity index (χ0) is 19.7. The summed E-state index contributed by atoms with van der Waals surface area (Å²) in [4.78, 5) is 24.5. The predicted molar refractivity (Wildman–Crippen MR) is 104 cm³/mol. The van der Waals surface area contributed by atoms with Gasteiger partial charge in [-0.15, -0.1) is 0 Å². The smallest absolute Gasteiger partial charge is 0.306 e. The number of methoxy groups -OCH3 is 1. The van der Waals surface area contributed by atoms with Crippen molar-refractivity contribution in [3.63, 3.8) is 0 Å². The first-order valence-corrected chi connectivity index (χ1v) is 9.48. The van der Waals surface area contributed by atoms with Crippen LogP contribution in [0, 0.1) is 11.8 Å². The second-order valence-corrected chi connectivity index (χ2v) is 8.27. The molecule has 0 amide bonds. The van der Waals surface area contributed by atoms with E-state index >= 15 is 0 Å². The Morgan fingerprint density at radius 1 is 1.04 bits per heavy atom. The van der Waals surface area contributed by atoms with E-state index in [9.17, 15) is 9.59 Å². The number of rotatable bonds is 10. The molecule has 1 rings (SSSR count). The summed E-state index contributed by atoms with van der Waals surface area (Å²) in [7, 11) is 1.65. The maximum absolute atomic E-state index is 12.6. The van der Waals surface area contributed by atoms with Gasteiger partial charge in [-0.05, 0) is 63.6 Å². The Hall–Kier alpha value is -1.84. The highest BCUT2D eigenvalue weighted by atomic mass is 16.6. The SMILES string of the molecule is COc1ccc(CC[C@H](CC(C)C)C(=O)CCC(=O)OC(C)(C)C)cc1. The molecule has 0 unspecified atom stereocenters. The largest absolute Gasteiger partial charge is 0.497 e. The summed E-state index contributed by atoms with van der Waals surface area (Å²) < 4.78 is 10.5. The van der Waals surface area contributed by atoms with Crippen molar-refractivity contribution in [1.82, 2.24) is 0 Å². The molecule has 0 aliphatic carbocycles. The maximum atomic E-state index is 12.6. The molecule has 146 valence electrons. The Balaban J connectivity index is 2.58. The van der Waals surface area contributed by atoms with Crippen molar-refractivity contribution >= 4 is 11.8 Å². The molecule has 0 aliphatic heterocycles. The van der Waals surface area contributed by atoms with Crippen molar-refractivity contribution in [2.24, 2.45) is 11.8 Å². The van der Waals surface area contributed by atoms with Gasteiger partial charge in [-0.3, -0.25) is 9.59 Å². The Morgan fingerprint density at radius 2 is 1.65 bits per heavy atom. The lowest BCUT2D eigenvalue weighted by Crippen LogP contribution is -2.25. The van der Waals surface area contributed by atoms with Gasteiger partial charge >= 0.3 is 5.97 Å². The zero-order valence-electron chi connectivity index (χ0n) is 17.1. The van der Waals surface area contributed by atoms with Gasteiger partial charge in [0.05, 0.1) is 13.5 Å². The number of ether oxygens (including phenoxy) is 2. The molecule has 0 saturated heterocycles. The number of aryl methyl sites for hydroxylation is 1. The summed E-state index contributed by atoms with van der Waals surface area (Å²) in [5, 5.41) is 0. The molecule has 0 aliphatic rings. The highest BCUT2D eigenvalue weighted by Gasteiger charge is 2.22. The number of hydrogen-bond donors (Lipinski definition) is 0. The molecule has 0 fully saturated rings. The van der Waals surface area contributed by atoms with Crippen LogP contribution in [0.15, 0.2) is 24.3 Å². The van der Waals surface area contributed by atoms with Crippen molar-refractivity contribution in [3.05, 3.63) is 29.8 Å². The van der Waals surface area contributed by atoms with Crippen LogP contribution in [0.1, 0.15) is 65.9 Å². The minimum absolute atomic E-state index is 0.0143. The van der Waals surface area contributed by atoms with Crippen LogP contribution in [0.2, 0.25) is 0 Å². The lowest BCUT2D eigenvalue weighted by molar-refractivity contribution is -0.155. The van der Waals surface area contributed by atoms with Crippen molar-refractivity contribution in [2.75, 3.05) is 7.11 Å². The summed E-state index contributed by atoms with van der Waals surface area (Å²) >= 11 is 0. The standard InChI is InChI=1S/C22H34O4/c1-16(2)15-18(10-7-17-8-11-19(25-6)12-9-17)20(23)13-14-21(24)26-22(3,4)5/h8-9,11-12,16,18H,7,10,13-15H2,1-6H3/t18-/m1/s1. The van der Waals surface area contributed by atoms with Crippen LogP contribution >= 0.6 is 0 Å². The van der Waals surface area contributed by atoms with Gasteiger partial charge < -0.3 is 9.47 Å². The van der Waals surface area contributed by atoms with Crippen LogP contribution < -0.4 is 4.74 Å². The normalized spacial score (nSPS) is 12.7. The number of carbonyl (C=O) groups excluding carboxylic acids is 2. The topological polar surface area (TPSA) is 52.6 Å². The highest BCUT2D eigenvalue weighted by Crippen LogP contribution is 2.22. The maximum Gasteiger partial charge on any atom is 0.306 e. The lowest BCUT2D eigenvalue weighted by atomic mass is 9.86. The van der Waals surface area contributed by atoms with E-state index in [4.69, 9.17) is 9.47 Å². The lowest BCUT2D eigenvalue weighted by Gasteiger charge is -2.20. The predicted octanol–water partition coefficient (Wildman–Crippen LogP) is 4.98. The van der Waals surface area contributed by atoms with E-state index in [1.54, 1.807) is 7.11 Å². The molecule has 0 spiro atoms. The summed E-state index contributed by atoms with van der Waals surface area (Å²) in [5.74, 6) is 1.13. The van der Waals surface area contributed by atoms with Gasteiger partial charge in [0.1, 0.15) is 17.1 Å². The third kappa shape index (κ3) is 9.02. The minimum Gasteiger partial charge on any atom is -0.497 e. The van der Waals surface area contributed by atoms with Gasteiger partial charge in [-0.2, -0.15) is 0 Å². The molecule has 0 aromatic heterocycles. The Kier molecular flexibility index (Phi) is 8.83. The number of ketones is 1. The Morgan fingerprint density at radius 3 is 2.15 bits per heavy atom. The summed E-state index contributed by atoms with van der Waals surface area (Å²) in [6.07, 6.45) is 2.92. The second kappa shape index (κ2) is 10.3. The van der Waals surface area contributed by atoms with Crippen LogP contribution in [0.4, 0.5) is 0 Å². The number of carbonyl (C=O) groups is 2. The van der Waals surface area contributed by atoms with Gasteiger partial charge in [0.2, 0.25) is 0 Å². The fourth-order valence-corrected chi connectivity index (χ4v) is 2.93. The van der Waals surface area contributed by atoms with E-state index in [0.29, 0.717) is 5.92 Å². The summed E-state index contributed by atoms with van der Waals surface area (Å²) in [6.45, 7) is 9.76. The van der Waals surface area contributed by atoms with Crippen LogP contribution in [-0.4, -0.2) is 24.5 Å². The molecule has 0 saturated carbocycles. The van der Waals surface area contributed by atoms with E-state index in [-0.39, 0.29) is 30.5 Å². The number of esters is 1. The van der Waals surface area contributed by atoms with E-state index in [2.05, 4.69) is 13.8 Å². The number of Topliss-reactive ketones (excluding diaryl/α,β-unsaturated/α-hetero) is 1. The van der Waals surface area contributed by atoms with Gasteiger partial charge in [-0.1, -0.05) is 26.0 Å². The van der Waals surface area contributed by atoms with Gasteiger partial charge in [0.15, 0.2) is 0 Å². The van der Waals surface area contributed by atoms with E-state index in [0.717, 1.165) is 25.0 Å². The fraction of sp³-hybridized carbons (Fsp3) is 0.636. The average molecular weight is 363 g/mol. The molecular formula is C22H34O4. The second-order valence-electron chi connectivity index (χ2n) is 8.27. The van der Waals surface area contributed by atoms with Crippen LogP contribution in [-0.2, 0) is 20.7 Å². The Bertz CT molecular complexity index is 567. The zero-order valence-corrected chi connectivity index (χ0v) is 17.1. The van der Waals surface area contributed by atoms with Crippen molar-refractivity contribution < 1.29 is 19.1 Å². The van der Waals surface area contributed by atoms with Gasteiger partial charge in [0, 0.05) is 12.3 Å². The quantitative estimate of drug-likeness (QED) is 0.551. The van der Waals surface area contributed by atoms with Gasteiger partial charge in [0.25, 0.3) is 0 Å². The van der Waals surface area contributed by atoms with Crippen molar-refractivity contribution in [1.29, 1.82) is 0 Å². The third-order valence-corrected chi connectivity index (χ3v) is 4.15. The first kappa shape index (κ1) is 22.2. The molecule has 4 nitrogen and oxygen atoms in total. The van der Waals surface area contributed by atoms with Crippen LogP contribution in [0.5, 0.6) is 5.75 Å². The Labute approximate surface area is 158 Å². The number of hydrogen-bond acceptors (Lipinski definition) is 4. The summed E-state index contributed by atoms with van der Waals surface area (Å²) in [6, 6.07) is 7.96. The van der Waals surface area contributed by atoms with E-state index in [1.165, 1.54) is 5.56 Å². The molecule has 1 atom stereocenters. The molecule has 1 aromatic rings. The molecule has 1 aromatic carbocycles. The van der Waals surface area contributed by atoms with Crippen molar-refractivity contribution in [3.8, 4) is 5.75 Å². The van der Waals surface area contributed by atoms with E-state index < -0.39 is 5.60 Å². The van der Waals surface area contributed by atoms with Crippen LogP contribution in [0.25, 0.3) is 0 Å². The minimum atomic E-state index is -0.508. The highest BCUT2D eigenvalue weighted by molar-refractivity contribution is 5.84. The van der Waals surface area contributed by atoms with Crippen molar-refractivity contribution in [2.45, 2.75) is 72.3 Å². The van der Waals surface area contributed by atoms with E-state index in [1.807, 2.05) is 45.0 Å². The fourth-order valence-electron chi connectivity index (χ4n) is 2.93. The molecule has 4 heteroatoms. The molecular weight excluding hydrogens is 328 g/mol. The van der Waals surface area contributed by atoms with Gasteiger partial charge in [-0.25, -0.2) is 0 Å². The number of benzene rings is 1. The monoisotopic (exact) mass is 362 g/mol. The molecule has 26 heavy (non-hydrogen) atoms. The first-order valence-electron chi connectivity index (χ1n) is 9.48. The molecule has 0 heterocycles. The average Bonchev–Trinajstić information content (AvgIpc) is 2.55. The molecule has 0 N–H and O–H groups in total. The summed E-state index contributed by atoms with van der Waals surface area (Å²) in [5.41, 5.74) is 0.686. The third-order valence-electron chi connectivity index (χ3n) is 4.15. The molecule has 0 bridgehead atoms.